The maximum atomic E-state index is 13.0. The average molecular weight is 602 g/mol. The zero-order valence-electron chi connectivity index (χ0n) is 26.3. The van der Waals surface area contributed by atoms with Crippen LogP contribution < -0.4 is 16.5 Å². The summed E-state index contributed by atoms with van der Waals surface area (Å²) in [6, 6.07) is -2.66. The smallest absolute Gasteiger partial charge is 0.329 e. The lowest BCUT2D eigenvalue weighted by Gasteiger charge is -2.26. The van der Waals surface area contributed by atoms with E-state index in [-0.39, 0.29) is 31.4 Å². The SMILES string of the molecule is CC(C)(C)OC(=O)CC[C@H](NC(=O)C[C@H](NC(=O)CN=CC(CCCF)=NN)C(=O)OC(C)(C)C)C(=O)OC(C)(C)C. The van der Waals surface area contributed by atoms with Crippen molar-refractivity contribution < 1.29 is 42.6 Å². The van der Waals surface area contributed by atoms with Crippen molar-refractivity contribution in [2.45, 2.75) is 123 Å². The van der Waals surface area contributed by atoms with Crippen molar-refractivity contribution in [2.24, 2.45) is 15.9 Å². The van der Waals surface area contributed by atoms with Crippen LogP contribution in [0.4, 0.5) is 4.39 Å². The van der Waals surface area contributed by atoms with Gasteiger partial charge in [0, 0.05) is 12.6 Å². The van der Waals surface area contributed by atoms with Gasteiger partial charge in [-0.2, -0.15) is 5.10 Å². The van der Waals surface area contributed by atoms with E-state index in [9.17, 15) is 28.4 Å². The van der Waals surface area contributed by atoms with Crippen LogP contribution in [0.5, 0.6) is 0 Å². The van der Waals surface area contributed by atoms with Crippen LogP contribution in [0.25, 0.3) is 0 Å². The molecule has 0 aliphatic heterocycles. The van der Waals surface area contributed by atoms with E-state index in [4.69, 9.17) is 20.1 Å². The van der Waals surface area contributed by atoms with E-state index in [0.717, 1.165) is 0 Å². The zero-order valence-corrected chi connectivity index (χ0v) is 26.3. The molecule has 0 saturated carbocycles. The van der Waals surface area contributed by atoms with Crippen LogP contribution >= 0.6 is 0 Å². The third kappa shape index (κ3) is 19.5. The van der Waals surface area contributed by atoms with Gasteiger partial charge in [-0.15, -0.1) is 0 Å². The lowest BCUT2D eigenvalue weighted by molar-refractivity contribution is -0.160. The molecule has 0 aliphatic rings. The van der Waals surface area contributed by atoms with Gasteiger partial charge in [0.05, 0.1) is 18.8 Å². The highest BCUT2D eigenvalue weighted by atomic mass is 19.1. The number of hydrogen-bond donors (Lipinski definition) is 3. The monoisotopic (exact) mass is 601 g/mol. The van der Waals surface area contributed by atoms with Crippen molar-refractivity contribution in [1.82, 2.24) is 10.6 Å². The van der Waals surface area contributed by atoms with Crippen LogP contribution in [0, 0.1) is 0 Å². The molecule has 4 N–H and O–H groups in total. The first-order valence-corrected chi connectivity index (χ1v) is 13.7. The molecule has 0 aromatic carbocycles. The first kappa shape index (κ1) is 38.4. The molecule has 0 fully saturated rings. The third-order valence-electron chi connectivity index (χ3n) is 4.71. The number of nitrogens with zero attached hydrogens (tertiary/aromatic N) is 2. The minimum Gasteiger partial charge on any atom is -0.460 e. The van der Waals surface area contributed by atoms with Gasteiger partial charge in [0.15, 0.2) is 0 Å². The molecular weight excluding hydrogens is 553 g/mol. The van der Waals surface area contributed by atoms with Gasteiger partial charge in [-0.25, -0.2) is 9.59 Å². The lowest BCUT2D eigenvalue weighted by Crippen LogP contribution is -2.50. The average Bonchev–Trinajstić information content (AvgIpc) is 2.80. The minimum atomic E-state index is -1.42. The quantitative estimate of drug-likeness (QED) is 0.0832. The van der Waals surface area contributed by atoms with Gasteiger partial charge in [0.1, 0.15) is 35.4 Å². The standard InChI is InChI=1S/C28H48FN5O8/c1-26(2,3)40-23(37)13-12-19(24(38)41-27(4,5)6)32-21(35)15-20(25(39)42-28(7,8)9)33-22(36)17-31-16-18(34-30)11-10-14-29/h16,19-20H,10-15,17,30H2,1-9H3,(H,32,35)(H,33,36)/t19-,20-/m0/s1. The first-order chi connectivity index (χ1) is 19.2. The number of nitrogens with two attached hydrogens (primary N) is 1. The number of carbonyl (C=O) groups excluding carboxylic acids is 5. The molecule has 0 spiro atoms. The van der Waals surface area contributed by atoms with Gasteiger partial charge in [-0.3, -0.25) is 23.8 Å². The predicted octanol–water partition coefficient (Wildman–Crippen LogP) is 2.29. The second-order valence-electron chi connectivity index (χ2n) is 12.5. The molecule has 13 nitrogen and oxygen atoms in total. The highest BCUT2D eigenvalue weighted by molar-refractivity contribution is 6.30. The Morgan fingerprint density at radius 2 is 1.29 bits per heavy atom. The summed E-state index contributed by atoms with van der Waals surface area (Å²) >= 11 is 0. The summed E-state index contributed by atoms with van der Waals surface area (Å²) in [5.74, 6) is 1.50. The molecule has 42 heavy (non-hydrogen) atoms. The van der Waals surface area contributed by atoms with Crippen molar-refractivity contribution in [3.63, 3.8) is 0 Å². The second-order valence-corrected chi connectivity index (χ2v) is 12.5. The number of esters is 3. The molecule has 0 rings (SSSR count). The van der Waals surface area contributed by atoms with Crippen LogP contribution in [0.1, 0.15) is 94.4 Å². The van der Waals surface area contributed by atoms with Crippen LogP contribution in [0.3, 0.4) is 0 Å². The van der Waals surface area contributed by atoms with Crippen molar-refractivity contribution in [3.8, 4) is 0 Å². The Kier molecular flexibility index (Phi) is 15.9. The van der Waals surface area contributed by atoms with Gasteiger partial charge in [0.25, 0.3) is 0 Å². The van der Waals surface area contributed by atoms with Crippen molar-refractivity contribution in [1.29, 1.82) is 0 Å². The number of rotatable bonds is 15. The van der Waals surface area contributed by atoms with E-state index in [2.05, 4.69) is 20.7 Å². The summed E-state index contributed by atoms with van der Waals surface area (Å²) in [4.78, 5) is 67.4. The van der Waals surface area contributed by atoms with E-state index in [1.54, 1.807) is 62.3 Å². The molecule has 0 saturated heterocycles. The van der Waals surface area contributed by atoms with Gasteiger partial charge >= 0.3 is 17.9 Å². The Hall–Kier alpha value is -3.58. The number of alkyl halides is 1. The second kappa shape index (κ2) is 17.4. The number of hydrazone groups is 1. The number of ether oxygens (including phenoxy) is 3. The Balaban J connectivity index is 5.67. The summed E-state index contributed by atoms with van der Waals surface area (Å²) in [5.41, 5.74) is -2.26. The Morgan fingerprint density at radius 3 is 1.76 bits per heavy atom. The fourth-order valence-electron chi connectivity index (χ4n) is 3.17. The molecule has 14 heteroatoms. The van der Waals surface area contributed by atoms with Gasteiger partial charge in [0.2, 0.25) is 11.8 Å². The minimum absolute atomic E-state index is 0.124. The Morgan fingerprint density at radius 1 is 0.786 bits per heavy atom. The van der Waals surface area contributed by atoms with Crippen molar-refractivity contribution in [3.05, 3.63) is 0 Å². The molecule has 0 unspecified atom stereocenters. The van der Waals surface area contributed by atoms with Crippen molar-refractivity contribution >= 4 is 41.6 Å². The summed E-state index contributed by atoms with van der Waals surface area (Å²) in [7, 11) is 0. The summed E-state index contributed by atoms with van der Waals surface area (Å²) in [6.07, 6.45) is 0.743. The fraction of sp³-hybridized carbons (Fsp3) is 0.750. The summed E-state index contributed by atoms with van der Waals surface area (Å²) < 4.78 is 28.4. The van der Waals surface area contributed by atoms with Crippen LogP contribution in [0.15, 0.2) is 10.1 Å². The number of amides is 2. The van der Waals surface area contributed by atoms with Crippen molar-refractivity contribution in [2.75, 3.05) is 13.2 Å². The maximum Gasteiger partial charge on any atom is 0.329 e. The number of halogens is 1. The number of carbonyl (C=O) groups is 5. The Labute approximate surface area is 247 Å². The zero-order chi connectivity index (χ0) is 32.7. The number of aliphatic imine (C=N–C) groups is 1. The third-order valence-corrected chi connectivity index (χ3v) is 4.71. The molecule has 0 heterocycles. The predicted molar refractivity (Wildman–Crippen MR) is 155 cm³/mol. The normalized spacial score (nSPS) is 14.1. The summed E-state index contributed by atoms with van der Waals surface area (Å²) in [5, 5.41) is 8.38. The highest BCUT2D eigenvalue weighted by Gasteiger charge is 2.32. The molecular formula is C28H48FN5O8. The molecule has 0 aromatic heterocycles. The van der Waals surface area contributed by atoms with E-state index in [1.165, 1.54) is 6.21 Å². The van der Waals surface area contributed by atoms with Gasteiger partial charge < -0.3 is 30.7 Å². The largest absolute Gasteiger partial charge is 0.460 e. The molecule has 240 valence electrons. The molecule has 0 aliphatic carbocycles. The van der Waals surface area contributed by atoms with Crippen LogP contribution in [0.2, 0.25) is 0 Å². The van der Waals surface area contributed by atoms with E-state index < -0.39 is 78.2 Å². The van der Waals surface area contributed by atoms with E-state index >= 15 is 0 Å². The first-order valence-electron chi connectivity index (χ1n) is 13.7. The van der Waals surface area contributed by atoms with E-state index in [1.807, 2.05) is 0 Å². The number of hydrogen-bond acceptors (Lipinski definition) is 11. The molecule has 0 radical (unpaired) electrons. The maximum absolute atomic E-state index is 13.0. The van der Waals surface area contributed by atoms with Gasteiger partial charge in [-0.1, -0.05) is 0 Å². The number of nitrogens with one attached hydrogen (secondary N) is 2. The van der Waals surface area contributed by atoms with E-state index in [0.29, 0.717) is 0 Å². The van der Waals surface area contributed by atoms with Gasteiger partial charge in [-0.05, 0) is 81.6 Å². The molecule has 2 atom stereocenters. The van der Waals surface area contributed by atoms with Crippen LogP contribution in [-0.2, 0) is 38.2 Å². The topological polar surface area (TPSA) is 188 Å². The van der Waals surface area contributed by atoms with Crippen LogP contribution in [-0.4, -0.2) is 83.8 Å². The molecule has 2 amide bonds. The fourth-order valence-corrected chi connectivity index (χ4v) is 3.17. The Bertz CT molecular complexity index is 994. The molecule has 0 bridgehead atoms. The molecule has 0 aromatic rings. The summed E-state index contributed by atoms with van der Waals surface area (Å²) in [6.45, 7) is 13.9. The lowest BCUT2D eigenvalue weighted by atomic mass is 10.1. The highest BCUT2D eigenvalue weighted by Crippen LogP contribution is 2.15.